The molecule has 0 aliphatic heterocycles. The van der Waals surface area contributed by atoms with E-state index < -0.39 is 5.91 Å². The molecule has 0 spiro atoms. The summed E-state index contributed by atoms with van der Waals surface area (Å²) in [4.78, 5) is 35.7. The maximum Gasteiger partial charge on any atom is 0.257 e. The van der Waals surface area contributed by atoms with E-state index in [-0.39, 0.29) is 29.4 Å². The minimum absolute atomic E-state index is 0.000571. The van der Waals surface area contributed by atoms with Gasteiger partial charge < -0.3 is 5.32 Å². The van der Waals surface area contributed by atoms with E-state index in [1.165, 1.54) is 6.42 Å². The number of carbonyl (C=O) groups excluding carboxylic acids is 3. The standard InChI is InChI=1S/C18H24N4O3S/c1-12-7-9-14(10-8-12)17(25)20-18(26)22-21-15(23)11-19-16(24)13-5-3-2-4-6-13/h7-10,13H,2-6,11H2,1H3,(H,19,24)(H,21,23)(H2,20,22,25,26). The number of hydrogen-bond acceptors (Lipinski definition) is 4. The highest BCUT2D eigenvalue weighted by atomic mass is 32.1. The summed E-state index contributed by atoms with van der Waals surface area (Å²) in [5.41, 5.74) is 6.30. The Labute approximate surface area is 158 Å². The summed E-state index contributed by atoms with van der Waals surface area (Å²) in [6, 6.07) is 7.02. The van der Waals surface area contributed by atoms with Crippen molar-refractivity contribution in [1.29, 1.82) is 0 Å². The molecule has 8 heteroatoms. The molecule has 0 unspecified atom stereocenters. The van der Waals surface area contributed by atoms with Gasteiger partial charge in [0, 0.05) is 11.5 Å². The minimum atomic E-state index is -0.443. The molecule has 1 aliphatic rings. The van der Waals surface area contributed by atoms with Gasteiger partial charge in [-0.2, -0.15) is 0 Å². The predicted molar refractivity (Wildman–Crippen MR) is 102 cm³/mol. The van der Waals surface area contributed by atoms with Crippen LogP contribution in [-0.4, -0.2) is 29.4 Å². The minimum Gasteiger partial charge on any atom is -0.347 e. The number of nitrogens with one attached hydrogen (secondary N) is 4. The Hall–Kier alpha value is -2.48. The van der Waals surface area contributed by atoms with Crippen molar-refractivity contribution in [3.63, 3.8) is 0 Å². The molecule has 0 bridgehead atoms. The van der Waals surface area contributed by atoms with Crippen LogP contribution in [0.25, 0.3) is 0 Å². The highest BCUT2D eigenvalue weighted by Gasteiger charge is 2.21. The molecule has 0 saturated heterocycles. The second-order valence-electron chi connectivity index (χ2n) is 6.38. The summed E-state index contributed by atoms with van der Waals surface area (Å²) in [6.07, 6.45) is 5.03. The number of rotatable bonds is 4. The van der Waals surface area contributed by atoms with Gasteiger partial charge in [-0.15, -0.1) is 0 Å². The lowest BCUT2D eigenvalue weighted by Crippen LogP contribution is -2.51. The molecule has 1 aromatic carbocycles. The molecule has 0 atom stereocenters. The number of thiocarbonyl (C=S) groups is 1. The normalized spacial score (nSPS) is 14.2. The quantitative estimate of drug-likeness (QED) is 0.469. The molecule has 1 fully saturated rings. The topological polar surface area (TPSA) is 99.3 Å². The molecule has 140 valence electrons. The van der Waals surface area contributed by atoms with Crippen LogP contribution in [0.5, 0.6) is 0 Å². The van der Waals surface area contributed by atoms with Crippen LogP contribution in [0.1, 0.15) is 48.0 Å². The van der Waals surface area contributed by atoms with E-state index in [0.29, 0.717) is 5.56 Å². The van der Waals surface area contributed by atoms with Gasteiger partial charge in [-0.1, -0.05) is 37.0 Å². The molecule has 1 aliphatic carbocycles. The number of aryl methyl sites for hydroxylation is 1. The molecule has 1 aromatic rings. The molecule has 4 N–H and O–H groups in total. The average Bonchev–Trinajstić information content (AvgIpc) is 2.65. The van der Waals surface area contributed by atoms with Crippen LogP contribution >= 0.6 is 12.2 Å². The van der Waals surface area contributed by atoms with Gasteiger partial charge in [-0.05, 0) is 44.1 Å². The van der Waals surface area contributed by atoms with Gasteiger partial charge in [0.1, 0.15) is 0 Å². The number of hydrazine groups is 1. The Balaban J connectivity index is 1.66. The summed E-state index contributed by atoms with van der Waals surface area (Å²) >= 11 is 4.97. The third-order valence-corrected chi connectivity index (χ3v) is 4.46. The van der Waals surface area contributed by atoms with E-state index in [9.17, 15) is 14.4 Å². The molecule has 7 nitrogen and oxygen atoms in total. The summed E-state index contributed by atoms with van der Waals surface area (Å²) in [7, 11) is 0. The summed E-state index contributed by atoms with van der Waals surface area (Å²) in [6.45, 7) is 1.79. The van der Waals surface area contributed by atoms with E-state index in [4.69, 9.17) is 12.2 Å². The first-order valence-corrected chi connectivity index (χ1v) is 9.11. The smallest absolute Gasteiger partial charge is 0.257 e. The predicted octanol–water partition coefficient (Wildman–Crippen LogP) is 1.33. The van der Waals surface area contributed by atoms with Crippen molar-refractivity contribution >= 4 is 35.1 Å². The molecule has 1 saturated carbocycles. The lowest BCUT2D eigenvalue weighted by atomic mass is 9.89. The number of amides is 3. The van der Waals surface area contributed by atoms with E-state index in [0.717, 1.165) is 31.2 Å². The highest BCUT2D eigenvalue weighted by molar-refractivity contribution is 7.80. The lowest BCUT2D eigenvalue weighted by molar-refractivity contribution is -0.129. The first-order chi connectivity index (χ1) is 12.5. The van der Waals surface area contributed by atoms with Gasteiger partial charge in [0.05, 0.1) is 6.54 Å². The zero-order valence-corrected chi connectivity index (χ0v) is 15.6. The fraction of sp³-hybridized carbons (Fsp3) is 0.444. The molecule has 0 radical (unpaired) electrons. The fourth-order valence-corrected chi connectivity index (χ4v) is 2.90. The van der Waals surface area contributed by atoms with Crippen LogP contribution < -0.4 is 21.5 Å². The lowest BCUT2D eigenvalue weighted by Gasteiger charge is -2.20. The number of carbonyl (C=O) groups is 3. The van der Waals surface area contributed by atoms with Crippen molar-refractivity contribution in [2.24, 2.45) is 5.92 Å². The van der Waals surface area contributed by atoms with Gasteiger partial charge in [0.25, 0.3) is 11.8 Å². The van der Waals surface area contributed by atoms with E-state index in [1.54, 1.807) is 12.1 Å². The Kier molecular flexibility index (Phi) is 7.53. The van der Waals surface area contributed by atoms with Crippen molar-refractivity contribution in [3.05, 3.63) is 35.4 Å². The second kappa shape index (κ2) is 9.86. The highest BCUT2D eigenvalue weighted by Crippen LogP contribution is 2.23. The first kappa shape index (κ1) is 19.8. The third kappa shape index (κ3) is 6.44. The molecule has 3 amide bonds. The average molecular weight is 376 g/mol. The molecule has 26 heavy (non-hydrogen) atoms. The SMILES string of the molecule is Cc1ccc(C(=O)NC(=S)NNC(=O)CNC(=O)C2CCCCC2)cc1. The van der Waals surface area contributed by atoms with Crippen LogP contribution in [0.4, 0.5) is 0 Å². The third-order valence-electron chi connectivity index (χ3n) is 4.26. The zero-order valence-electron chi connectivity index (χ0n) is 14.8. The van der Waals surface area contributed by atoms with Gasteiger partial charge in [-0.3, -0.25) is 30.6 Å². The Morgan fingerprint density at radius 1 is 1.04 bits per heavy atom. The monoisotopic (exact) mass is 376 g/mol. The molecule has 0 heterocycles. The maximum absolute atomic E-state index is 12.0. The maximum atomic E-state index is 12.0. The van der Waals surface area contributed by atoms with E-state index >= 15 is 0 Å². The van der Waals surface area contributed by atoms with Gasteiger partial charge in [-0.25, -0.2) is 0 Å². The van der Waals surface area contributed by atoms with Crippen LogP contribution in [-0.2, 0) is 9.59 Å². The van der Waals surface area contributed by atoms with Crippen LogP contribution in [0.2, 0.25) is 0 Å². The molecule has 0 aromatic heterocycles. The summed E-state index contributed by atoms with van der Waals surface area (Å²) in [5.74, 6) is -0.905. The summed E-state index contributed by atoms with van der Waals surface area (Å²) < 4.78 is 0. The molecular weight excluding hydrogens is 352 g/mol. The Bertz CT molecular complexity index is 670. The Morgan fingerprint density at radius 3 is 2.35 bits per heavy atom. The van der Waals surface area contributed by atoms with Crippen molar-refractivity contribution in [3.8, 4) is 0 Å². The van der Waals surface area contributed by atoms with Crippen molar-refractivity contribution < 1.29 is 14.4 Å². The first-order valence-electron chi connectivity index (χ1n) is 8.70. The van der Waals surface area contributed by atoms with E-state index in [1.807, 2.05) is 19.1 Å². The van der Waals surface area contributed by atoms with Crippen molar-refractivity contribution in [1.82, 2.24) is 21.5 Å². The fourth-order valence-electron chi connectivity index (χ4n) is 2.76. The Morgan fingerprint density at radius 2 is 1.69 bits per heavy atom. The van der Waals surface area contributed by atoms with E-state index in [2.05, 4.69) is 21.5 Å². The largest absolute Gasteiger partial charge is 0.347 e. The zero-order chi connectivity index (χ0) is 18.9. The number of benzene rings is 1. The van der Waals surface area contributed by atoms with Gasteiger partial charge in [0.2, 0.25) is 5.91 Å². The molecule has 2 rings (SSSR count). The van der Waals surface area contributed by atoms with Gasteiger partial charge >= 0.3 is 0 Å². The van der Waals surface area contributed by atoms with Crippen LogP contribution in [0, 0.1) is 12.8 Å². The summed E-state index contributed by atoms with van der Waals surface area (Å²) in [5, 5.41) is 5.07. The molecular formula is C18H24N4O3S. The van der Waals surface area contributed by atoms with Crippen molar-refractivity contribution in [2.75, 3.05) is 6.54 Å². The number of hydrogen-bond donors (Lipinski definition) is 4. The second-order valence-corrected chi connectivity index (χ2v) is 6.78. The van der Waals surface area contributed by atoms with Crippen LogP contribution in [0.15, 0.2) is 24.3 Å². The van der Waals surface area contributed by atoms with Crippen LogP contribution in [0.3, 0.4) is 0 Å². The van der Waals surface area contributed by atoms with Gasteiger partial charge in [0.15, 0.2) is 5.11 Å². The van der Waals surface area contributed by atoms with Crippen molar-refractivity contribution in [2.45, 2.75) is 39.0 Å².